The third-order valence-corrected chi connectivity index (χ3v) is 4.99. The molecule has 3 N–H and O–H groups in total. The third-order valence-electron chi connectivity index (χ3n) is 4.99. The van der Waals surface area contributed by atoms with Crippen molar-refractivity contribution in [1.29, 1.82) is 0 Å². The van der Waals surface area contributed by atoms with E-state index >= 15 is 0 Å². The predicted octanol–water partition coefficient (Wildman–Crippen LogP) is 3.23. The summed E-state index contributed by atoms with van der Waals surface area (Å²) in [4.78, 5) is 15.0. The van der Waals surface area contributed by atoms with Crippen LogP contribution in [-0.4, -0.2) is 37.6 Å². The molecule has 1 amide bonds. The normalized spacial score (nSPS) is 16.0. The van der Waals surface area contributed by atoms with Gasteiger partial charge in [-0.25, -0.2) is 0 Å². The number of nitrogens with zero attached hydrogens (tertiary/aromatic N) is 1. The van der Waals surface area contributed by atoms with Gasteiger partial charge in [0.25, 0.3) is 5.91 Å². The van der Waals surface area contributed by atoms with Crippen LogP contribution in [0.3, 0.4) is 0 Å². The molecule has 5 nitrogen and oxygen atoms in total. The highest BCUT2D eigenvalue weighted by atomic mass is 16.5. The number of hydrogen-bond donors (Lipinski definition) is 2. The van der Waals surface area contributed by atoms with Gasteiger partial charge in [-0.05, 0) is 55.8 Å². The number of nitrogens with two attached hydrogens (primary N) is 1. The minimum atomic E-state index is -0.126. The van der Waals surface area contributed by atoms with Crippen molar-refractivity contribution in [3.8, 4) is 5.75 Å². The first kappa shape index (κ1) is 18.3. The lowest BCUT2D eigenvalue weighted by atomic mass is 10.0. The average molecular weight is 353 g/mol. The molecule has 0 spiro atoms. The van der Waals surface area contributed by atoms with Gasteiger partial charge in [0.15, 0.2) is 0 Å². The Hall–Kier alpha value is -2.53. The lowest BCUT2D eigenvalue weighted by Crippen LogP contribution is -2.40. The molecule has 1 heterocycles. The maximum Gasteiger partial charge on any atom is 0.253 e. The molecule has 3 rings (SSSR count). The van der Waals surface area contributed by atoms with Crippen molar-refractivity contribution in [2.45, 2.75) is 25.3 Å². The quantitative estimate of drug-likeness (QED) is 0.783. The Morgan fingerprint density at radius 1 is 1.12 bits per heavy atom. The van der Waals surface area contributed by atoms with E-state index in [9.17, 15) is 4.79 Å². The zero-order valence-electron chi connectivity index (χ0n) is 15.3. The number of methoxy groups -OCH3 is 1. The number of likely N-dealkylation sites (tertiary alicyclic amines) is 1. The van der Waals surface area contributed by atoms with E-state index in [0.29, 0.717) is 17.8 Å². The van der Waals surface area contributed by atoms with Gasteiger partial charge in [0.2, 0.25) is 0 Å². The number of nitrogens with one attached hydrogen (secondary N) is 1. The smallest absolute Gasteiger partial charge is 0.253 e. The monoisotopic (exact) mass is 353 g/mol. The first-order chi connectivity index (χ1) is 12.7. The number of amides is 1. The molecule has 26 heavy (non-hydrogen) atoms. The lowest BCUT2D eigenvalue weighted by molar-refractivity contribution is 0.0925. The predicted molar refractivity (Wildman–Crippen MR) is 104 cm³/mol. The fourth-order valence-electron chi connectivity index (χ4n) is 3.50. The summed E-state index contributed by atoms with van der Waals surface area (Å²) in [7, 11) is 1.67. The van der Waals surface area contributed by atoms with Crippen molar-refractivity contribution < 1.29 is 9.53 Å². The molecule has 0 aliphatic carbocycles. The van der Waals surface area contributed by atoms with Gasteiger partial charge in [-0.2, -0.15) is 0 Å². The minimum absolute atomic E-state index is 0.126. The van der Waals surface area contributed by atoms with Crippen LogP contribution < -0.4 is 15.8 Å². The van der Waals surface area contributed by atoms with E-state index in [1.807, 2.05) is 24.3 Å². The van der Waals surface area contributed by atoms with E-state index in [-0.39, 0.29) is 11.9 Å². The van der Waals surface area contributed by atoms with E-state index in [0.717, 1.165) is 18.8 Å². The fraction of sp³-hybridized carbons (Fsp3) is 0.381. The van der Waals surface area contributed by atoms with Crippen molar-refractivity contribution in [2.24, 2.45) is 0 Å². The standard InChI is InChI=1S/C21H27N3O2/c1-26-17-11-9-16(10-12-17)20(24-13-5-2-6-14-24)15-23-21(25)18-7-3-4-8-19(18)22/h3-4,7-12,20H,2,5-6,13-15,22H2,1H3,(H,23,25). The van der Waals surface area contributed by atoms with Gasteiger partial charge in [-0.1, -0.05) is 30.7 Å². The SMILES string of the molecule is COc1ccc(C(CNC(=O)c2ccccc2N)N2CCCCC2)cc1. The van der Waals surface area contributed by atoms with Crippen LogP contribution in [-0.2, 0) is 0 Å². The number of anilines is 1. The van der Waals surface area contributed by atoms with Crippen LogP contribution in [0.5, 0.6) is 5.75 Å². The summed E-state index contributed by atoms with van der Waals surface area (Å²) in [6.45, 7) is 2.67. The number of carbonyl (C=O) groups excluding carboxylic acids is 1. The molecule has 5 heteroatoms. The van der Waals surface area contributed by atoms with Gasteiger partial charge in [0.05, 0.1) is 18.7 Å². The van der Waals surface area contributed by atoms with E-state index in [4.69, 9.17) is 10.5 Å². The van der Waals surface area contributed by atoms with E-state index in [1.54, 1.807) is 19.2 Å². The maximum absolute atomic E-state index is 12.6. The number of ether oxygens (including phenoxy) is 1. The summed E-state index contributed by atoms with van der Waals surface area (Å²) in [5, 5.41) is 3.07. The molecule has 0 saturated carbocycles. The Morgan fingerprint density at radius 3 is 2.46 bits per heavy atom. The Bertz CT molecular complexity index is 724. The molecular formula is C21H27N3O2. The number of hydrogen-bond acceptors (Lipinski definition) is 4. The van der Waals surface area contributed by atoms with Gasteiger partial charge in [-0.3, -0.25) is 9.69 Å². The Kier molecular flexibility index (Phi) is 6.12. The highest BCUT2D eigenvalue weighted by Gasteiger charge is 2.23. The van der Waals surface area contributed by atoms with Crippen LogP contribution in [0.1, 0.15) is 41.2 Å². The number of rotatable bonds is 6. The first-order valence-electron chi connectivity index (χ1n) is 9.20. The molecule has 0 aromatic heterocycles. The molecule has 1 saturated heterocycles. The number of piperidine rings is 1. The van der Waals surface area contributed by atoms with Gasteiger partial charge in [-0.15, -0.1) is 0 Å². The van der Waals surface area contributed by atoms with Crippen LogP contribution >= 0.6 is 0 Å². The van der Waals surface area contributed by atoms with Crippen molar-refractivity contribution in [3.63, 3.8) is 0 Å². The van der Waals surface area contributed by atoms with E-state index < -0.39 is 0 Å². The summed E-state index contributed by atoms with van der Waals surface area (Å²) in [6, 6.07) is 15.4. The second kappa shape index (κ2) is 8.72. The van der Waals surface area contributed by atoms with Gasteiger partial charge in [0.1, 0.15) is 5.75 Å². The second-order valence-electron chi connectivity index (χ2n) is 6.68. The molecule has 1 unspecified atom stereocenters. The Morgan fingerprint density at radius 2 is 1.81 bits per heavy atom. The summed E-state index contributed by atoms with van der Waals surface area (Å²) >= 11 is 0. The fourth-order valence-corrected chi connectivity index (χ4v) is 3.50. The Balaban J connectivity index is 1.74. The third kappa shape index (κ3) is 4.35. The van der Waals surface area contributed by atoms with E-state index in [2.05, 4.69) is 22.3 Å². The highest BCUT2D eigenvalue weighted by Crippen LogP contribution is 2.26. The second-order valence-corrected chi connectivity index (χ2v) is 6.68. The summed E-state index contributed by atoms with van der Waals surface area (Å²) in [5.41, 5.74) is 8.15. The van der Waals surface area contributed by atoms with Crippen molar-refractivity contribution in [2.75, 3.05) is 32.5 Å². The minimum Gasteiger partial charge on any atom is -0.497 e. The van der Waals surface area contributed by atoms with Crippen molar-refractivity contribution >= 4 is 11.6 Å². The largest absolute Gasteiger partial charge is 0.497 e. The topological polar surface area (TPSA) is 67.6 Å². The van der Waals surface area contributed by atoms with Crippen LogP contribution in [0.4, 0.5) is 5.69 Å². The molecule has 2 aromatic rings. The van der Waals surface area contributed by atoms with Gasteiger partial charge < -0.3 is 15.8 Å². The molecule has 1 atom stereocenters. The molecular weight excluding hydrogens is 326 g/mol. The lowest BCUT2D eigenvalue weighted by Gasteiger charge is -2.35. The number of nitrogen functional groups attached to an aromatic ring is 1. The zero-order valence-corrected chi connectivity index (χ0v) is 15.3. The van der Waals surface area contributed by atoms with Crippen LogP contribution in [0.25, 0.3) is 0 Å². The maximum atomic E-state index is 12.6. The Labute approximate surface area is 155 Å². The molecule has 138 valence electrons. The first-order valence-corrected chi connectivity index (χ1v) is 9.20. The van der Waals surface area contributed by atoms with Crippen LogP contribution in [0.2, 0.25) is 0 Å². The number of carbonyl (C=O) groups is 1. The molecule has 0 radical (unpaired) electrons. The average Bonchev–Trinajstić information content (AvgIpc) is 2.69. The summed E-state index contributed by atoms with van der Waals surface area (Å²) in [5.74, 6) is 0.714. The number of benzene rings is 2. The molecule has 2 aromatic carbocycles. The number of para-hydroxylation sites is 1. The van der Waals surface area contributed by atoms with E-state index in [1.165, 1.54) is 24.8 Å². The molecule has 1 fully saturated rings. The van der Waals surface area contributed by atoms with Crippen LogP contribution in [0, 0.1) is 0 Å². The molecule has 0 bridgehead atoms. The van der Waals surface area contributed by atoms with Gasteiger partial charge in [0, 0.05) is 12.2 Å². The summed E-state index contributed by atoms with van der Waals surface area (Å²) < 4.78 is 5.27. The molecule has 1 aliphatic rings. The van der Waals surface area contributed by atoms with Crippen LogP contribution in [0.15, 0.2) is 48.5 Å². The van der Waals surface area contributed by atoms with Crippen molar-refractivity contribution in [3.05, 3.63) is 59.7 Å². The van der Waals surface area contributed by atoms with Gasteiger partial charge >= 0.3 is 0 Å². The summed E-state index contributed by atoms with van der Waals surface area (Å²) in [6.07, 6.45) is 3.68. The molecule has 1 aliphatic heterocycles. The highest BCUT2D eigenvalue weighted by molar-refractivity contribution is 5.99. The zero-order chi connectivity index (χ0) is 18.4. The van der Waals surface area contributed by atoms with Crippen molar-refractivity contribution in [1.82, 2.24) is 10.2 Å².